The molecule has 4 nitrogen and oxygen atoms in total. The van der Waals surface area contributed by atoms with Crippen molar-refractivity contribution < 1.29 is 4.79 Å². The van der Waals surface area contributed by atoms with Crippen molar-refractivity contribution in [1.29, 1.82) is 5.26 Å². The van der Waals surface area contributed by atoms with Gasteiger partial charge in [-0.25, -0.2) is 0 Å². The quantitative estimate of drug-likeness (QED) is 0.733. The molecule has 0 aromatic carbocycles. The summed E-state index contributed by atoms with van der Waals surface area (Å²) in [5.74, 6) is 0.505. The molecule has 1 aliphatic heterocycles. The SMILES string of the molecule is CCC(C#N)C(=O)N1CCN(CC2CC2)CC1. The fourth-order valence-corrected chi connectivity index (χ4v) is 2.36. The molecule has 1 atom stereocenters. The molecule has 1 heterocycles. The highest BCUT2D eigenvalue weighted by molar-refractivity contribution is 5.81. The number of nitriles is 1. The zero-order valence-corrected chi connectivity index (χ0v) is 10.6. The van der Waals surface area contributed by atoms with E-state index in [0.29, 0.717) is 6.42 Å². The molecule has 0 bridgehead atoms. The lowest BCUT2D eigenvalue weighted by Gasteiger charge is -2.35. The molecule has 0 N–H and O–H groups in total. The van der Waals surface area contributed by atoms with E-state index in [2.05, 4.69) is 11.0 Å². The van der Waals surface area contributed by atoms with Gasteiger partial charge in [0, 0.05) is 32.7 Å². The first kappa shape index (κ1) is 12.4. The fraction of sp³-hybridized carbons (Fsp3) is 0.846. The fourth-order valence-electron chi connectivity index (χ4n) is 2.36. The van der Waals surface area contributed by atoms with Crippen LogP contribution < -0.4 is 0 Å². The van der Waals surface area contributed by atoms with Crippen molar-refractivity contribution in [3.8, 4) is 6.07 Å². The standard InChI is InChI=1S/C13H21N3O/c1-2-12(9-14)13(17)16-7-5-15(6-8-16)10-11-3-4-11/h11-12H,2-8,10H2,1H3. The number of carbonyl (C=O) groups is 1. The van der Waals surface area contributed by atoms with Gasteiger partial charge in [-0.2, -0.15) is 5.26 Å². The van der Waals surface area contributed by atoms with Gasteiger partial charge in [-0.05, 0) is 25.2 Å². The summed E-state index contributed by atoms with van der Waals surface area (Å²) < 4.78 is 0. The minimum atomic E-state index is -0.440. The third kappa shape index (κ3) is 3.19. The van der Waals surface area contributed by atoms with Crippen LogP contribution in [-0.4, -0.2) is 48.4 Å². The van der Waals surface area contributed by atoms with Crippen molar-refractivity contribution >= 4 is 5.91 Å². The molecule has 1 saturated heterocycles. The lowest BCUT2D eigenvalue weighted by molar-refractivity contribution is -0.135. The van der Waals surface area contributed by atoms with Crippen LogP contribution in [0, 0.1) is 23.2 Å². The van der Waals surface area contributed by atoms with Crippen LogP contribution in [0.2, 0.25) is 0 Å². The summed E-state index contributed by atoms with van der Waals surface area (Å²) in [6.45, 7) is 6.65. The van der Waals surface area contributed by atoms with E-state index in [1.807, 2.05) is 11.8 Å². The smallest absolute Gasteiger partial charge is 0.240 e. The molecule has 2 fully saturated rings. The molecule has 1 amide bonds. The Balaban J connectivity index is 1.77. The molecule has 1 unspecified atom stereocenters. The Morgan fingerprint density at radius 2 is 2.00 bits per heavy atom. The molecule has 0 spiro atoms. The monoisotopic (exact) mass is 235 g/mol. The zero-order chi connectivity index (χ0) is 12.3. The Kier molecular flexibility index (Phi) is 4.01. The van der Waals surface area contributed by atoms with Gasteiger partial charge in [-0.1, -0.05) is 6.92 Å². The normalized spacial score (nSPS) is 23.2. The summed E-state index contributed by atoms with van der Waals surface area (Å²) in [4.78, 5) is 16.3. The molecule has 2 aliphatic rings. The lowest BCUT2D eigenvalue weighted by atomic mass is 10.1. The minimum Gasteiger partial charge on any atom is -0.339 e. The van der Waals surface area contributed by atoms with Gasteiger partial charge in [0.25, 0.3) is 0 Å². The number of rotatable bonds is 4. The molecule has 0 aromatic rings. The van der Waals surface area contributed by atoms with Crippen LogP contribution in [0.15, 0.2) is 0 Å². The van der Waals surface area contributed by atoms with Crippen LogP contribution in [-0.2, 0) is 4.79 Å². The van der Waals surface area contributed by atoms with Gasteiger partial charge in [0.05, 0.1) is 6.07 Å². The topological polar surface area (TPSA) is 47.3 Å². The van der Waals surface area contributed by atoms with Crippen molar-refractivity contribution in [2.45, 2.75) is 26.2 Å². The van der Waals surface area contributed by atoms with Crippen molar-refractivity contribution in [2.75, 3.05) is 32.7 Å². The second-order valence-corrected chi connectivity index (χ2v) is 5.16. The zero-order valence-electron chi connectivity index (χ0n) is 10.6. The van der Waals surface area contributed by atoms with Crippen molar-refractivity contribution in [1.82, 2.24) is 9.80 Å². The molecule has 2 rings (SSSR count). The van der Waals surface area contributed by atoms with Gasteiger partial charge < -0.3 is 4.90 Å². The molecule has 1 aliphatic carbocycles. The van der Waals surface area contributed by atoms with Gasteiger partial charge in [0.1, 0.15) is 5.92 Å². The molecule has 4 heteroatoms. The predicted octanol–water partition coefficient (Wildman–Crippen LogP) is 1.09. The molecule has 0 radical (unpaired) electrons. The number of carbonyl (C=O) groups excluding carboxylic acids is 1. The summed E-state index contributed by atoms with van der Waals surface area (Å²) in [7, 11) is 0. The maximum atomic E-state index is 12.0. The number of hydrogen-bond acceptors (Lipinski definition) is 3. The average molecular weight is 235 g/mol. The van der Waals surface area contributed by atoms with Crippen LogP contribution >= 0.6 is 0 Å². The number of amides is 1. The summed E-state index contributed by atoms with van der Waals surface area (Å²) in [5.41, 5.74) is 0. The summed E-state index contributed by atoms with van der Waals surface area (Å²) >= 11 is 0. The van der Waals surface area contributed by atoms with Crippen LogP contribution in [0.4, 0.5) is 0 Å². The van der Waals surface area contributed by atoms with E-state index in [-0.39, 0.29) is 5.91 Å². The van der Waals surface area contributed by atoms with Crippen molar-refractivity contribution in [3.63, 3.8) is 0 Å². The highest BCUT2D eigenvalue weighted by Gasteiger charge is 2.29. The maximum Gasteiger partial charge on any atom is 0.240 e. The Labute approximate surface area is 103 Å². The first-order chi connectivity index (χ1) is 8.24. The Bertz CT molecular complexity index is 311. The Morgan fingerprint density at radius 3 is 2.47 bits per heavy atom. The van der Waals surface area contributed by atoms with Gasteiger partial charge in [0.2, 0.25) is 5.91 Å². The molecule has 1 saturated carbocycles. The minimum absolute atomic E-state index is 0.0288. The second kappa shape index (κ2) is 5.50. The van der Waals surface area contributed by atoms with Crippen molar-refractivity contribution in [3.05, 3.63) is 0 Å². The van der Waals surface area contributed by atoms with Crippen LogP contribution in [0.3, 0.4) is 0 Å². The molecule has 94 valence electrons. The van der Waals surface area contributed by atoms with E-state index in [9.17, 15) is 4.79 Å². The van der Waals surface area contributed by atoms with Gasteiger partial charge in [-0.3, -0.25) is 9.69 Å². The van der Waals surface area contributed by atoms with Crippen LogP contribution in [0.5, 0.6) is 0 Å². The highest BCUT2D eigenvalue weighted by Crippen LogP contribution is 2.29. The summed E-state index contributed by atoms with van der Waals surface area (Å²) in [6, 6.07) is 2.10. The van der Waals surface area contributed by atoms with Crippen molar-refractivity contribution in [2.24, 2.45) is 11.8 Å². The number of piperazine rings is 1. The van der Waals surface area contributed by atoms with Gasteiger partial charge >= 0.3 is 0 Å². The number of hydrogen-bond donors (Lipinski definition) is 0. The molecule has 17 heavy (non-hydrogen) atoms. The molecular weight excluding hydrogens is 214 g/mol. The maximum absolute atomic E-state index is 12.0. The van der Waals surface area contributed by atoms with Crippen LogP contribution in [0.25, 0.3) is 0 Å². The molecule has 0 aromatic heterocycles. The van der Waals surface area contributed by atoms with E-state index in [0.717, 1.165) is 32.1 Å². The predicted molar refractivity (Wildman–Crippen MR) is 65.1 cm³/mol. The Morgan fingerprint density at radius 1 is 1.35 bits per heavy atom. The van der Waals surface area contributed by atoms with E-state index >= 15 is 0 Å². The average Bonchev–Trinajstić information content (AvgIpc) is 3.15. The summed E-state index contributed by atoms with van der Waals surface area (Å²) in [6.07, 6.45) is 3.38. The van der Waals surface area contributed by atoms with Gasteiger partial charge in [-0.15, -0.1) is 0 Å². The van der Waals surface area contributed by atoms with E-state index < -0.39 is 5.92 Å². The third-order valence-electron chi connectivity index (χ3n) is 3.76. The van der Waals surface area contributed by atoms with E-state index in [4.69, 9.17) is 5.26 Å². The highest BCUT2D eigenvalue weighted by atomic mass is 16.2. The Hall–Kier alpha value is -1.08. The van der Waals surface area contributed by atoms with E-state index in [1.54, 1.807) is 0 Å². The summed E-state index contributed by atoms with van der Waals surface area (Å²) in [5, 5.41) is 8.90. The second-order valence-electron chi connectivity index (χ2n) is 5.16. The first-order valence-electron chi connectivity index (χ1n) is 6.65. The van der Waals surface area contributed by atoms with Crippen LogP contribution in [0.1, 0.15) is 26.2 Å². The van der Waals surface area contributed by atoms with E-state index in [1.165, 1.54) is 19.4 Å². The third-order valence-corrected chi connectivity index (χ3v) is 3.76. The molecular formula is C13H21N3O. The first-order valence-corrected chi connectivity index (χ1v) is 6.65. The largest absolute Gasteiger partial charge is 0.339 e. The number of nitrogens with zero attached hydrogens (tertiary/aromatic N) is 3. The lowest BCUT2D eigenvalue weighted by Crippen LogP contribution is -2.50. The van der Waals surface area contributed by atoms with Gasteiger partial charge in [0.15, 0.2) is 0 Å².